The SMILES string of the molecule is CC(C)C[C@H](NC(=O)CNC(=O)c1cc(Cl)ccc1Cl)B1OC(=O)C(N(C)C)[C@H](C(=O)O)O1. The Bertz CT molecular complexity index is 916. The lowest BCUT2D eigenvalue weighted by Gasteiger charge is -2.37. The van der Waals surface area contributed by atoms with E-state index in [1.807, 2.05) is 13.8 Å². The minimum Gasteiger partial charge on any atom is -0.507 e. The minimum atomic E-state index is -1.47. The van der Waals surface area contributed by atoms with Gasteiger partial charge < -0.3 is 25.0 Å². The molecule has 1 aromatic rings. The van der Waals surface area contributed by atoms with E-state index in [2.05, 4.69) is 10.6 Å². The third kappa shape index (κ3) is 7.33. The molecule has 0 saturated carbocycles. The van der Waals surface area contributed by atoms with Gasteiger partial charge in [0.2, 0.25) is 5.91 Å². The standard InChI is InChI=1S/C20H26BCl2N3O7/c1-10(2)7-14(21-32-17(19(29)30)16(26(3)4)20(31)33-21)25-15(27)9-24-18(28)12-8-11(22)5-6-13(12)23/h5-6,8,10,14,16-17H,7,9H2,1-4H3,(H,24,28)(H,25,27)(H,29,30)/t14-,16?,17+/m0/s1. The molecule has 1 fully saturated rings. The van der Waals surface area contributed by atoms with Gasteiger partial charge in [-0.05, 0) is 44.6 Å². The summed E-state index contributed by atoms with van der Waals surface area (Å²) in [6, 6.07) is 3.24. The number of halogens is 2. The van der Waals surface area contributed by atoms with Gasteiger partial charge in [0.1, 0.15) is 6.04 Å². The second-order valence-electron chi connectivity index (χ2n) is 8.22. The monoisotopic (exact) mass is 501 g/mol. The summed E-state index contributed by atoms with van der Waals surface area (Å²) in [5.74, 6) is -4.07. The van der Waals surface area contributed by atoms with Crippen molar-refractivity contribution in [1.29, 1.82) is 0 Å². The van der Waals surface area contributed by atoms with Gasteiger partial charge in [-0.2, -0.15) is 0 Å². The van der Waals surface area contributed by atoms with Crippen molar-refractivity contribution in [2.45, 2.75) is 38.4 Å². The Hall–Kier alpha value is -2.34. The van der Waals surface area contributed by atoms with E-state index >= 15 is 0 Å². The summed E-state index contributed by atoms with van der Waals surface area (Å²) in [5.41, 5.74) is 0.110. The average molecular weight is 502 g/mol. The van der Waals surface area contributed by atoms with Crippen molar-refractivity contribution in [2.24, 2.45) is 5.92 Å². The fourth-order valence-electron chi connectivity index (χ4n) is 3.34. The summed E-state index contributed by atoms with van der Waals surface area (Å²) in [4.78, 5) is 50.4. The van der Waals surface area contributed by atoms with E-state index < -0.39 is 55.5 Å². The number of aliphatic carboxylic acids is 1. The van der Waals surface area contributed by atoms with Crippen molar-refractivity contribution in [2.75, 3.05) is 20.6 Å². The first-order valence-electron chi connectivity index (χ1n) is 10.2. The number of hydrogen-bond donors (Lipinski definition) is 3. The van der Waals surface area contributed by atoms with Crippen LogP contribution < -0.4 is 10.6 Å². The maximum Gasteiger partial charge on any atom is 0.552 e. The molecule has 2 rings (SSSR count). The summed E-state index contributed by atoms with van der Waals surface area (Å²) in [7, 11) is 1.76. The normalized spacial score (nSPS) is 19.3. The highest BCUT2D eigenvalue weighted by atomic mass is 35.5. The number of amides is 2. The molecule has 1 aliphatic rings. The minimum absolute atomic E-state index is 0.0484. The van der Waals surface area contributed by atoms with Crippen LogP contribution in [0.4, 0.5) is 0 Å². The molecule has 0 bridgehead atoms. The second-order valence-corrected chi connectivity index (χ2v) is 9.06. The zero-order valence-electron chi connectivity index (χ0n) is 18.6. The van der Waals surface area contributed by atoms with Crippen LogP contribution in [-0.2, 0) is 23.7 Å². The number of likely N-dealkylation sites (N-methyl/N-ethyl adjacent to an activating group) is 1. The predicted octanol–water partition coefficient (Wildman–Crippen LogP) is 1.24. The number of carboxylic acids is 1. The number of nitrogens with zero attached hydrogens (tertiary/aromatic N) is 1. The van der Waals surface area contributed by atoms with E-state index in [-0.39, 0.29) is 16.5 Å². The van der Waals surface area contributed by atoms with Crippen LogP contribution in [-0.4, -0.2) is 79.6 Å². The molecular formula is C20H26BCl2N3O7. The van der Waals surface area contributed by atoms with Crippen molar-refractivity contribution >= 4 is 54.1 Å². The van der Waals surface area contributed by atoms with Crippen molar-refractivity contribution < 1.29 is 33.6 Å². The van der Waals surface area contributed by atoms with Gasteiger partial charge in [0.05, 0.1) is 23.1 Å². The summed E-state index contributed by atoms with van der Waals surface area (Å²) in [6.45, 7) is 3.35. The van der Waals surface area contributed by atoms with Crippen LogP contribution in [0.15, 0.2) is 18.2 Å². The van der Waals surface area contributed by atoms with Crippen LogP contribution in [0.2, 0.25) is 10.0 Å². The van der Waals surface area contributed by atoms with Crippen molar-refractivity contribution in [3.63, 3.8) is 0 Å². The van der Waals surface area contributed by atoms with Crippen molar-refractivity contribution in [3.8, 4) is 0 Å². The van der Waals surface area contributed by atoms with Crippen LogP contribution in [0.5, 0.6) is 0 Å². The maximum absolute atomic E-state index is 12.5. The van der Waals surface area contributed by atoms with Gasteiger partial charge in [-0.15, -0.1) is 0 Å². The smallest absolute Gasteiger partial charge is 0.507 e. The lowest BCUT2D eigenvalue weighted by Crippen LogP contribution is -2.63. The molecule has 10 nitrogen and oxygen atoms in total. The first-order chi connectivity index (χ1) is 15.4. The van der Waals surface area contributed by atoms with E-state index in [4.69, 9.17) is 32.5 Å². The number of benzene rings is 1. The van der Waals surface area contributed by atoms with Crippen LogP contribution >= 0.6 is 23.2 Å². The molecule has 13 heteroatoms. The van der Waals surface area contributed by atoms with Gasteiger partial charge in [0.15, 0.2) is 6.10 Å². The Morgan fingerprint density at radius 3 is 2.48 bits per heavy atom. The molecule has 2 amide bonds. The Morgan fingerprint density at radius 1 is 1.24 bits per heavy atom. The van der Waals surface area contributed by atoms with E-state index in [1.165, 1.54) is 37.2 Å². The van der Waals surface area contributed by atoms with Gasteiger partial charge in [0, 0.05) is 5.02 Å². The van der Waals surface area contributed by atoms with E-state index in [1.54, 1.807) is 0 Å². The number of nitrogens with one attached hydrogen (secondary N) is 2. The second kappa shape index (κ2) is 11.7. The molecule has 33 heavy (non-hydrogen) atoms. The van der Waals surface area contributed by atoms with Gasteiger partial charge in [0.25, 0.3) is 5.91 Å². The highest BCUT2D eigenvalue weighted by Crippen LogP contribution is 2.22. The number of carbonyl (C=O) groups is 4. The zero-order chi connectivity index (χ0) is 24.9. The molecule has 0 aromatic heterocycles. The molecule has 0 spiro atoms. The lowest BCUT2D eigenvalue weighted by molar-refractivity contribution is -0.165. The van der Waals surface area contributed by atoms with Gasteiger partial charge >= 0.3 is 19.1 Å². The van der Waals surface area contributed by atoms with Gasteiger partial charge in [-0.25, -0.2) is 4.79 Å². The van der Waals surface area contributed by atoms with Crippen LogP contribution in [0.3, 0.4) is 0 Å². The number of rotatable bonds is 9. The number of hydrogen-bond acceptors (Lipinski definition) is 7. The molecule has 1 aliphatic heterocycles. The first kappa shape index (κ1) is 26.9. The predicted molar refractivity (Wildman–Crippen MR) is 122 cm³/mol. The quantitative estimate of drug-likeness (QED) is 0.430. The summed E-state index contributed by atoms with van der Waals surface area (Å²) < 4.78 is 10.9. The molecule has 1 saturated heterocycles. The molecule has 3 atom stereocenters. The third-order valence-electron chi connectivity index (χ3n) is 4.82. The third-order valence-corrected chi connectivity index (χ3v) is 5.39. The molecule has 0 aliphatic carbocycles. The van der Waals surface area contributed by atoms with Crippen LogP contribution in [0.1, 0.15) is 30.6 Å². The van der Waals surface area contributed by atoms with E-state index in [0.717, 1.165) is 0 Å². The summed E-state index contributed by atoms with van der Waals surface area (Å²) in [6.07, 6.45) is -1.14. The van der Waals surface area contributed by atoms with Crippen LogP contribution in [0, 0.1) is 5.92 Å². The first-order valence-corrected chi connectivity index (χ1v) is 10.9. The number of carboxylic acid groups (broad SMARTS) is 1. The molecule has 180 valence electrons. The van der Waals surface area contributed by atoms with Crippen molar-refractivity contribution in [3.05, 3.63) is 33.8 Å². The molecule has 1 unspecified atom stereocenters. The Balaban J connectivity index is 2.08. The Morgan fingerprint density at radius 2 is 1.91 bits per heavy atom. The maximum atomic E-state index is 12.5. The highest BCUT2D eigenvalue weighted by molar-refractivity contribution is 6.50. The van der Waals surface area contributed by atoms with E-state index in [0.29, 0.717) is 11.4 Å². The molecule has 0 radical (unpaired) electrons. The molecular weight excluding hydrogens is 476 g/mol. The molecule has 1 aromatic carbocycles. The molecule has 3 N–H and O–H groups in total. The molecule has 1 heterocycles. The fourth-order valence-corrected chi connectivity index (χ4v) is 3.71. The zero-order valence-corrected chi connectivity index (χ0v) is 20.1. The van der Waals surface area contributed by atoms with E-state index in [9.17, 15) is 24.3 Å². The lowest BCUT2D eigenvalue weighted by atomic mass is 9.72. The fraction of sp³-hybridized carbons (Fsp3) is 0.500. The average Bonchev–Trinajstić information content (AvgIpc) is 2.71. The highest BCUT2D eigenvalue weighted by Gasteiger charge is 2.50. The van der Waals surface area contributed by atoms with Gasteiger partial charge in [-0.1, -0.05) is 37.0 Å². The topological polar surface area (TPSA) is 134 Å². The Kier molecular flexibility index (Phi) is 9.53. The number of carbonyl (C=O) groups excluding carboxylic acids is 3. The van der Waals surface area contributed by atoms with Gasteiger partial charge in [-0.3, -0.25) is 19.3 Å². The summed E-state index contributed by atoms with van der Waals surface area (Å²) in [5, 5.41) is 15.1. The largest absolute Gasteiger partial charge is 0.552 e. The Labute approximate surface area is 202 Å². The van der Waals surface area contributed by atoms with Crippen LogP contribution in [0.25, 0.3) is 0 Å². The summed E-state index contributed by atoms with van der Waals surface area (Å²) >= 11 is 11.9. The van der Waals surface area contributed by atoms with Crippen molar-refractivity contribution in [1.82, 2.24) is 15.5 Å².